The third kappa shape index (κ3) is 5.36. The van der Waals surface area contributed by atoms with Gasteiger partial charge in [0, 0.05) is 17.0 Å². The highest BCUT2D eigenvalue weighted by atomic mass is 19.1. The van der Waals surface area contributed by atoms with Gasteiger partial charge in [0.1, 0.15) is 11.6 Å². The van der Waals surface area contributed by atoms with E-state index in [9.17, 15) is 18.4 Å². The van der Waals surface area contributed by atoms with Crippen LogP contribution in [0.25, 0.3) is 33.3 Å². The average Bonchev–Trinajstić information content (AvgIpc) is 2.93. The number of nitrogens with zero attached hydrogens (tertiary/aromatic N) is 1. The fourth-order valence-electron chi connectivity index (χ4n) is 3.94. The van der Waals surface area contributed by atoms with Gasteiger partial charge in [0.05, 0.1) is 22.5 Å². The summed E-state index contributed by atoms with van der Waals surface area (Å²) in [5, 5.41) is 2.77. The Labute approximate surface area is 211 Å². The van der Waals surface area contributed by atoms with Crippen LogP contribution in [-0.4, -0.2) is 23.5 Å². The van der Waals surface area contributed by atoms with E-state index in [1.807, 2.05) is 60.7 Å². The standard InChI is InChI=1S/C30H20F2N2O3/c31-22-14-15-25(32)28(16-22)34-29(35)18-37-30(36)24-17-27(33-26-9-5-4-8-23(24)26)21-12-10-20(11-13-21)19-6-2-1-3-7-19/h1-17H,18H2,(H,34,35). The zero-order valence-corrected chi connectivity index (χ0v) is 19.4. The Kier molecular flexibility index (Phi) is 6.68. The number of ether oxygens (including phenoxy) is 1. The molecule has 1 heterocycles. The Hall–Kier alpha value is -4.91. The van der Waals surface area contributed by atoms with Crippen molar-refractivity contribution in [2.45, 2.75) is 0 Å². The highest BCUT2D eigenvalue weighted by molar-refractivity contribution is 6.05. The van der Waals surface area contributed by atoms with Crippen LogP contribution >= 0.6 is 0 Å². The van der Waals surface area contributed by atoms with Crippen LogP contribution in [0, 0.1) is 11.6 Å². The molecule has 0 fully saturated rings. The number of hydrogen-bond donors (Lipinski definition) is 1. The van der Waals surface area contributed by atoms with Crippen LogP contribution in [0.2, 0.25) is 0 Å². The number of fused-ring (bicyclic) bond motifs is 1. The number of rotatable bonds is 6. The molecular formula is C30H20F2N2O3. The zero-order chi connectivity index (χ0) is 25.8. The van der Waals surface area contributed by atoms with Crippen LogP contribution in [0.4, 0.5) is 14.5 Å². The van der Waals surface area contributed by atoms with Gasteiger partial charge in [-0.3, -0.25) is 4.79 Å². The molecule has 182 valence electrons. The number of halogens is 2. The molecule has 0 aliphatic rings. The molecule has 5 rings (SSSR count). The number of benzene rings is 4. The summed E-state index contributed by atoms with van der Waals surface area (Å²) in [6.07, 6.45) is 0. The summed E-state index contributed by atoms with van der Waals surface area (Å²) < 4.78 is 32.4. The van der Waals surface area contributed by atoms with Gasteiger partial charge < -0.3 is 10.1 Å². The number of para-hydroxylation sites is 1. The SMILES string of the molecule is O=C(COC(=O)c1cc(-c2ccc(-c3ccccc3)cc2)nc2ccccc12)Nc1cc(F)ccc1F. The number of amides is 1. The van der Waals surface area contributed by atoms with Crippen LogP contribution in [0.15, 0.2) is 103 Å². The van der Waals surface area contributed by atoms with Crippen LogP contribution in [-0.2, 0) is 9.53 Å². The molecule has 1 amide bonds. The van der Waals surface area contributed by atoms with E-state index in [0.717, 1.165) is 34.9 Å². The van der Waals surface area contributed by atoms with Crippen molar-refractivity contribution in [3.63, 3.8) is 0 Å². The van der Waals surface area contributed by atoms with Gasteiger partial charge in [-0.15, -0.1) is 0 Å². The lowest BCUT2D eigenvalue weighted by Gasteiger charge is -2.11. The second kappa shape index (κ2) is 10.4. The van der Waals surface area contributed by atoms with Crippen molar-refractivity contribution in [3.05, 3.63) is 120 Å². The van der Waals surface area contributed by atoms with E-state index in [2.05, 4.69) is 5.32 Å². The number of hydrogen-bond acceptors (Lipinski definition) is 4. The molecule has 0 spiro atoms. The molecule has 1 aromatic heterocycles. The second-order valence-electron chi connectivity index (χ2n) is 8.26. The number of nitrogens with one attached hydrogen (secondary N) is 1. The summed E-state index contributed by atoms with van der Waals surface area (Å²) in [6, 6.07) is 29.2. The Morgan fingerprint density at radius 1 is 0.757 bits per heavy atom. The molecule has 0 saturated heterocycles. The summed E-state index contributed by atoms with van der Waals surface area (Å²) in [5.41, 5.74) is 3.99. The molecule has 0 bridgehead atoms. The predicted molar refractivity (Wildman–Crippen MR) is 138 cm³/mol. The van der Waals surface area contributed by atoms with Crippen molar-refractivity contribution >= 4 is 28.5 Å². The minimum atomic E-state index is -0.802. The van der Waals surface area contributed by atoms with Crippen molar-refractivity contribution < 1.29 is 23.1 Å². The third-order valence-corrected chi connectivity index (χ3v) is 5.76. The first kappa shape index (κ1) is 23.8. The first-order valence-electron chi connectivity index (χ1n) is 11.5. The number of carbonyl (C=O) groups excluding carboxylic acids is 2. The maximum absolute atomic E-state index is 13.8. The zero-order valence-electron chi connectivity index (χ0n) is 19.4. The number of aromatic nitrogens is 1. The summed E-state index contributed by atoms with van der Waals surface area (Å²) >= 11 is 0. The lowest BCUT2D eigenvalue weighted by Crippen LogP contribution is -2.21. The number of carbonyl (C=O) groups is 2. The smallest absolute Gasteiger partial charge is 0.339 e. The molecule has 1 N–H and O–H groups in total. The Morgan fingerprint density at radius 3 is 2.22 bits per heavy atom. The first-order chi connectivity index (χ1) is 18.0. The van der Waals surface area contributed by atoms with Gasteiger partial charge in [-0.1, -0.05) is 72.8 Å². The van der Waals surface area contributed by atoms with Crippen molar-refractivity contribution in [2.24, 2.45) is 0 Å². The molecule has 7 heteroatoms. The van der Waals surface area contributed by atoms with Gasteiger partial charge in [-0.2, -0.15) is 0 Å². The molecule has 0 unspecified atom stereocenters. The van der Waals surface area contributed by atoms with Gasteiger partial charge in [0.25, 0.3) is 5.91 Å². The molecule has 5 aromatic rings. The summed E-state index contributed by atoms with van der Waals surface area (Å²) in [6.45, 7) is -0.674. The largest absolute Gasteiger partial charge is 0.452 e. The molecular weight excluding hydrogens is 474 g/mol. The lowest BCUT2D eigenvalue weighted by molar-refractivity contribution is -0.119. The van der Waals surface area contributed by atoms with E-state index in [1.165, 1.54) is 0 Å². The molecule has 0 radical (unpaired) electrons. The van der Waals surface area contributed by atoms with E-state index in [4.69, 9.17) is 9.72 Å². The molecule has 0 saturated carbocycles. The normalized spacial score (nSPS) is 10.8. The van der Waals surface area contributed by atoms with Crippen molar-refractivity contribution in [1.82, 2.24) is 4.98 Å². The molecule has 4 aromatic carbocycles. The van der Waals surface area contributed by atoms with E-state index in [0.29, 0.717) is 16.6 Å². The van der Waals surface area contributed by atoms with Gasteiger partial charge in [-0.05, 0) is 35.4 Å². The summed E-state index contributed by atoms with van der Waals surface area (Å²) in [5.74, 6) is -3.05. The van der Waals surface area contributed by atoms with Crippen LogP contribution in [0.5, 0.6) is 0 Å². The topological polar surface area (TPSA) is 68.3 Å². The van der Waals surface area contributed by atoms with Crippen LogP contribution in [0.1, 0.15) is 10.4 Å². The van der Waals surface area contributed by atoms with Crippen molar-refractivity contribution in [2.75, 3.05) is 11.9 Å². The maximum Gasteiger partial charge on any atom is 0.339 e. The van der Waals surface area contributed by atoms with Crippen LogP contribution < -0.4 is 5.32 Å². The van der Waals surface area contributed by atoms with E-state index in [1.54, 1.807) is 24.3 Å². The van der Waals surface area contributed by atoms with E-state index in [-0.39, 0.29) is 11.3 Å². The molecule has 0 aliphatic carbocycles. The highest BCUT2D eigenvalue weighted by Gasteiger charge is 2.17. The minimum Gasteiger partial charge on any atom is -0.452 e. The molecule has 5 nitrogen and oxygen atoms in total. The molecule has 0 aliphatic heterocycles. The van der Waals surface area contributed by atoms with E-state index >= 15 is 0 Å². The average molecular weight is 494 g/mol. The first-order valence-corrected chi connectivity index (χ1v) is 11.5. The minimum absolute atomic E-state index is 0.234. The highest BCUT2D eigenvalue weighted by Crippen LogP contribution is 2.28. The van der Waals surface area contributed by atoms with Crippen LogP contribution in [0.3, 0.4) is 0 Å². The number of esters is 1. The fraction of sp³-hybridized carbons (Fsp3) is 0.0333. The summed E-state index contributed by atoms with van der Waals surface area (Å²) in [7, 11) is 0. The predicted octanol–water partition coefficient (Wildman–Crippen LogP) is 6.64. The number of pyridine rings is 1. The number of anilines is 1. The second-order valence-corrected chi connectivity index (χ2v) is 8.26. The van der Waals surface area contributed by atoms with Gasteiger partial charge in [0.15, 0.2) is 6.61 Å². The Balaban J connectivity index is 1.38. The monoisotopic (exact) mass is 494 g/mol. The van der Waals surface area contributed by atoms with Gasteiger partial charge in [0.2, 0.25) is 0 Å². The lowest BCUT2D eigenvalue weighted by atomic mass is 10.0. The summed E-state index contributed by atoms with van der Waals surface area (Å²) in [4.78, 5) is 29.9. The van der Waals surface area contributed by atoms with Crippen molar-refractivity contribution in [3.8, 4) is 22.4 Å². The quantitative estimate of drug-likeness (QED) is 0.269. The fourth-order valence-corrected chi connectivity index (χ4v) is 3.94. The Bertz CT molecular complexity index is 1600. The third-order valence-electron chi connectivity index (χ3n) is 5.76. The van der Waals surface area contributed by atoms with Crippen molar-refractivity contribution in [1.29, 1.82) is 0 Å². The van der Waals surface area contributed by atoms with Gasteiger partial charge >= 0.3 is 5.97 Å². The van der Waals surface area contributed by atoms with Gasteiger partial charge in [-0.25, -0.2) is 18.6 Å². The maximum atomic E-state index is 13.8. The van der Waals surface area contributed by atoms with E-state index < -0.39 is 30.1 Å². The Morgan fingerprint density at radius 2 is 1.43 bits per heavy atom. The molecule has 0 atom stereocenters. The molecule has 37 heavy (non-hydrogen) atoms.